The Morgan fingerprint density at radius 2 is 1.85 bits per heavy atom. The third kappa shape index (κ3) is 7.54. The van der Waals surface area contributed by atoms with Crippen LogP contribution in [-0.2, 0) is 9.53 Å². The van der Waals surface area contributed by atoms with E-state index < -0.39 is 5.60 Å². The third-order valence-corrected chi connectivity index (χ3v) is 5.06. The number of halogens is 1. The highest BCUT2D eigenvalue weighted by Crippen LogP contribution is 2.29. The van der Waals surface area contributed by atoms with Crippen LogP contribution in [0.25, 0.3) is 6.08 Å². The highest BCUT2D eigenvalue weighted by atomic mass is 35.5. The van der Waals surface area contributed by atoms with Gasteiger partial charge in [0.05, 0.1) is 6.42 Å². The molecule has 1 aliphatic carbocycles. The van der Waals surface area contributed by atoms with Crippen LogP contribution >= 0.6 is 11.6 Å². The van der Waals surface area contributed by atoms with E-state index >= 15 is 0 Å². The molecule has 1 aromatic rings. The van der Waals surface area contributed by atoms with Crippen molar-refractivity contribution < 1.29 is 9.53 Å². The molecule has 0 saturated carbocycles. The van der Waals surface area contributed by atoms with Gasteiger partial charge < -0.3 is 4.74 Å². The van der Waals surface area contributed by atoms with E-state index in [1.165, 1.54) is 22.3 Å². The van der Waals surface area contributed by atoms with Gasteiger partial charge in [0.15, 0.2) is 0 Å². The molecular weight excluding hydrogens is 356 g/mol. The summed E-state index contributed by atoms with van der Waals surface area (Å²) >= 11 is 6.49. The molecule has 0 aliphatic heterocycles. The number of carbonyl (C=O) groups is 1. The summed E-state index contributed by atoms with van der Waals surface area (Å²) in [6.45, 7) is 9.95. The number of rotatable bonds is 3. The first kappa shape index (κ1) is 21.8. The molecule has 0 spiro atoms. The zero-order chi connectivity index (χ0) is 20.0. The average molecular weight is 389 g/mol. The normalized spacial score (nSPS) is 17.7. The Morgan fingerprint density at radius 1 is 1.15 bits per heavy atom. The molecular formula is C24H33ClO2. The SMILES string of the molecule is Cc1cc(C)c(C=C2CCCC=C(CC(=O)OC(C)(C)C)CCC2)c(Cl)c1. The van der Waals surface area contributed by atoms with Gasteiger partial charge in [-0.1, -0.05) is 41.0 Å². The van der Waals surface area contributed by atoms with Crippen molar-refractivity contribution in [3.8, 4) is 0 Å². The summed E-state index contributed by atoms with van der Waals surface area (Å²) < 4.78 is 5.47. The minimum absolute atomic E-state index is 0.120. The van der Waals surface area contributed by atoms with Crippen LogP contribution in [0.5, 0.6) is 0 Å². The lowest BCUT2D eigenvalue weighted by Crippen LogP contribution is -2.24. The summed E-state index contributed by atoms with van der Waals surface area (Å²) in [5.41, 5.74) is 5.84. The van der Waals surface area contributed by atoms with E-state index in [2.05, 4.69) is 32.1 Å². The summed E-state index contributed by atoms with van der Waals surface area (Å²) in [6, 6.07) is 4.23. The largest absolute Gasteiger partial charge is 0.460 e. The molecule has 1 aliphatic rings. The zero-order valence-electron chi connectivity index (χ0n) is 17.5. The van der Waals surface area contributed by atoms with E-state index in [-0.39, 0.29) is 5.97 Å². The maximum Gasteiger partial charge on any atom is 0.310 e. The van der Waals surface area contributed by atoms with Crippen molar-refractivity contribution in [2.24, 2.45) is 0 Å². The van der Waals surface area contributed by atoms with Crippen LogP contribution in [0, 0.1) is 13.8 Å². The smallest absolute Gasteiger partial charge is 0.310 e. The van der Waals surface area contributed by atoms with Gasteiger partial charge in [0.2, 0.25) is 0 Å². The Hall–Kier alpha value is -1.54. The van der Waals surface area contributed by atoms with Crippen LogP contribution < -0.4 is 0 Å². The minimum Gasteiger partial charge on any atom is -0.460 e. The fourth-order valence-corrected chi connectivity index (χ4v) is 3.96. The van der Waals surface area contributed by atoms with Crippen LogP contribution in [0.1, 0.15) is 82.4 Å². The lowest BCUT2D eigenvalue weighted by molar-refractivity contribution is -0.153. The highest BCUT2D eigenvalue weighted by molar-refractivity contribution is 6.32. The minimum atomic E-state index is -0.419. The summed E-state index contributed by atoms with van der Waals surface area (Å²) in [5, 5.41) is 0.837. The van der Waals surface area contributed by atoms with Gasteiger partial charge in [-0.25, -0.2) is 0 Å². The first-order valence-electron chi connectivity index (χ1n) is 10.00. The molecule has 0 bridgehead atoms. The van der Waals surface area contributed by atoms with Gasteiger partial charge in [-0.3, -0.25) is 4.79 Å². The van der Waals surface area contributed by atoms with Gasteiger partial charge in [-0.2, -0.15) is 0 Å². The van der Waals surface area contributed by atoms with Crippen LogP contribution in [0.3, 0.4) is 0 Å². The molecule has 0 atom stereocenters. The molecule has 0 fully saturated rings. The van der Waals surface area contributed by atoms with Crippen molar-refractivity contribution in [3.05, 3.63) is 51.1 Å². The molecule has 0 heterocycles. The van der Waals surface area contributed by atoms with E-state index in [0.717, 1.165) is 49.1 Å². The quantitative estimate of drug-likeness (QED) is 0.399. The van der Waals surface area contributed by atoms with Crippen molar-refractivity contribution in [1.29, 1.82) is 0 Å². The molecule has 0 radical (unpaired) electrons. The molecule has 3 heteroatoms. The average Bonchev–Trinajstić information content (AvgIpc) is 2.61. The van der Waals surface area contributed by atoms with Gasteiger partial charge >= 0.3 is 5.97 Å². The van der Waals surface area contributed by atoms with Gasteiger partial charge in [0.25, 0.3) is 0 Å². The van der Waals surface area contributed by atoms with Crippen LogP contribution in [0.2, 0.25) is 5.02 Å². The number of hydrogen-bond acceptors (Lipinski definition) is 2. The summed E-state index contributed by atoms with van der Waals surface area (Å²) in [5.74, 6) is -0.120. The number of allylic oxidation sites excluding steroid dienone is 2. The Bertz CT molecular complexity index is 712. The van der Waals surface area contributed by atoms with Crippen molar-refractivity contribution in [2.45, 2.75) is 85.2 Å². The molecule has 148 valence electrons. The molecule has 0 unspecified atom stereocenters. The summed E-state index contributed by atoms with van der Waals surface area (Å²) in [6.07, 6.45) is 11.2. The molecule has 0 saturated heterocycles. The first-order chi connectivity index (χ1) is 12.6. The van der Waals surface area contributed by atoms with Crippen LogP contribution in [0.4, 0.5) is 0 Å². The number of benzene rings is 1. The Balaban J connectivity index is 2.02. The second kappa shape index (κ2) is 9.59. The number of esters is 1. The Labute approximate surface area is 169 Å². The second-order valence-corrected chi connectivity index (χ2v) is 9.06. The van der Waals surface area contributed by atoms with E-state index in [9.17, 15) is 4.79 Å². The van der Waals surface area contributed by atoms with E-state index in [4.69, 9.17) is 16.3 Å². The fraction of sp³-hybridized carbons (Fsp3) is 0.542. The summed E-state index contributed by atoms with van der Waals surface area (Å²) in [7, 11) is 0. The molecule has 0 aromatic heterocycles. The first-order valence-corrected chi connectivity index (χ1v) is 10.4. The van der Waals surface area contributed by atoms with Crippen molar-refractivity contribution in [1.82, 2.24) is 0 Å². The number of carbonyl (C=O) groups excluding carboxylic acids is 1. The second-order valence-electron chi connectivity index (χ2n) is 8.65. The topological polar surface area (TPSA) is 26.3 Å². The van der Waals surface area contributed by atoms with E-state index in [1.54, 1.807) is 0 Å². The van der Waals surface area contributed by atoms with Crippen molar-refractivity contribution >= 4 is 23.6 Å². The molecule has 0 amide bonds. The van der Waals surface area contributed by atoms with Crippen molar-refractivity contribution in [3.63, 3.8) is 0 Å². The van der Waals surface area contributed by atoms with Gasteiger partial charge in [-0.15, -0.1) is 0 Å². The van der Waals surface area contributed by atoms with Gasteiger partial charge in [-0.05, 0) is 95.9 Å². The predicted molar refractivity (Wildman–Crippen MR) is 115 cm³/mol. The fourth-order valence-electron chi connectivity index (χ4n) is 3.59. The van der Waals surface area contributed by atoms with Crippen LogP contribution in [-0.4, -0.2) is 11.6 Å². The van der Waals surface area contributed by atoms with Crippen LogP contribution in [0.15, 0.2) is 29.4 Å². The number of aryl methyl sites for hydroxylation is 2. The lowest BCUT2D eigenvalue weighted by atomic mass is 9.97. The monoisotopic (exact) mass is 388 g/mol. The highest BCUT2D eigenvalue weighted by Gasteiger charge is 2.17. The molecule has 1 aromatic carbocycles. The van der Waals surface area contributed by atoms with E-state index in [0.29, 0.717) is 6.42 Å². The molecule has 27 heavy (non-hydrogen) atoms. The maximum atomic E-state index is 12.1. The summed E-state index contributed by atoms with van der Waals surface area (Å²) in [4.78, 5) is 12.1. The third-order valence-electron chi connectivity index (χ3n) is 4.75. The lowest BCUT2D eigenvalue weighted by Gasteiger charge is -2.20. The molecule has 2 rings (SSSR count). The zero-order valence-corrected chi connectivity index (χ0v) is 18.2. The molecule has 2 nitrogen and oxygen atoms in total. The molecule has 0 N–H and O–H groups in total. The Kier molecular flexibility index (Phi) is 7.73. The number of hydrogen-bond donors (Lipinski definition) is 0. The van der Waals surface area contributed by atoms with Crippen molar-refractivity contribution in [2.75, 3.05) is 0 Å². The predicted octanol–water partition coefficient (Wildman–Crippen LogP) is 7.35. The standard InChI is InChI=1S/C24H33ClO2/c1-17-13-18(2)21(22(25)14-17)15-19-9-6-7-10-20(12-8-11-19)16-23(26)27-24(3,4)5/h10,13-15H,6-9,11-12,16H2,1-5H3. The van der Waals surface area contributed by atoms with E-state index in [1.807, 2.05) is 26.8 Å². The maximum absolute atomic E-state index is 12.1. The number of ether oxygens (including phenoxy) is 1. The van der Waals surface area contributed by atoms with Gasteiger partial charge in [0, 0.05) is 5.02 Å². The Morgan fingerprint density at radius 3 is 2.52 bits per heavy atom. The van der Waals surface area contributed by atoms with Gasteiger partial charge in [0.1, 0.15) is 5.60 Å².